The van der Waals surface area contributed by atoms with Crippen LogP contribution in [0.5, 0.6) is 0 Å². The molecule has 1 saturated heterocycles. The summed E-state index contributed by atoms with van der Waals surface area (Å²) in [7, 11) is 0. The fourth-order valence-electron chi connectivity index (χ4n) is 2.12. The molecule has 1 aromatic rings. The number of ether oxygens (including phenoxy) is 1. The van der Waals surface area contributed by atoms with Gasteiger partial charge in [-0.05, 0) is 28.7 Å². The first kappa shape index (κ1) is 19.0. The largest absolute Gasteiger partial charge is 0.387 e. The lowest BCUT2D eigenvalue weighted by Gasteiger charge is -2.19. The van der Waals surface area contributed by atoms with Crippen LogP contribution in [-0.4, -0.2) is 50.9 Å². The number of nitrogens with one attached hydrogen (secondary N) is 1. The molecule has 1 aromatic heterocycles. The van der Waals surface area contributed by atoms with Gasteiger partial charge in [0.25, 0.3) is 5.56 Å². The molecule has 0 radical (unpaired) electrons. The first-order valence-corrected chi connectivity index (χ1v) is 10.9. The monoisotopic (exact) mass is 406 g/mol. The van der Waals surface area contributed by atoms with E-state index in [-0.39, 0.29) is 5.03 Å². The first-order chi connectivity index (χ1) is 10.6. The van der Waals surface area contributed by atoms with Gasteiger partial charge in [0.15, 0.2) is 6.23 Å². The number of hydrogen-bond acceptors (Lipinski definition) is 8. The maximum Gasteiger partial charge on any atom is 0.380 e. The number of aromatic nitrogens is 2. The van der Waals surface area contributed by atoms with Gasteiger partial charge in [-0.1, -0.05) is 0 Å². The lowest BCUT2D eigenvalue weighted by molar-refractivity contribution is -0.0550. The zero-order valence-electron chi connectivity index (χ0n) is 11.6. The molecule has 130 valence electrons. The third kappa shape index (κ3) is 4.40. The number of aromatic amines is 1. The molecular formula is C10H13Cl2N2O7PS. The Morgan fingerprint density at radius 1 is 1.43 bits per heavy atom. The Morgan fingerprint density at radius 2 is 2.09 bits per heavy atom. The summed E-state index contributed by atoms with van der Waals surface area (Å²) in [5, 5.41) is 20.3. The smallest absolute Gasteiger partial charge is 0.380 e. The van der Waals surface area contributed by atoms with E-state index in [1.165, 1.54) is 0 Å². The van der Waals surface area contributed by atoms with Crippen LogP contribution >= 0.6 is 40.3 Å². The van der Waals surface area contributed by atoms with Gasteiger partial charge < -0.3 is 19.5 Å². The molecule has 4 atom stereocenters. The summed E-state index contributed by atoms with van der Waals surface area (Å²) >= 11 is 11.6. The maximum absolute atomic E-state index is 12.0. The molecule has 13 heteroatoms. The van der Waals surface area contributed by atoms with Gasteiger partial charge in [0.05, 0.1) is 11.6 Å². The van der Waals surface area contributed by atoms with E-state index in [2.05, 4.69) is 4.52 Å². The van der Waals surface area contributed by atoms with E-state index in [9.17, 15) is 24.4 Å². The Kier molecular flexibility index (Phi) is 6.02. The van der Waals surface area contributed by atoms with Crippen LogP contribution < -0.4 is 11.2 Å². The molecule has 1 fully saturated rings. The summed E-state index contributed by atoms with van der Waals surface area (Å²) in [6.07, 6.45) is -7.51. The Morgan fingerprint density at radius 3 is 2.65 bits per heavy atom. The van der Waals surface area contributed by atoms with E-state index in [1.54, 1.807) is 6.26 Å². The third-order valence-corrected chi connectivity index (χ3v) is 4.90. The molecule has 3 N–H and O–H groups in total. The molecule has 0 aromatic carbocycles. The van der Waals surface area contributed by atoms with Crippen LogP contribution in [0, 0.1) is 0 Å². The third-order valence-electron chi connectivity index (χ3n) is 3.13. The molecule has 9 nitrogen and oxygen atoms in total. The predicted molar refractivity (Wildman–Crippen MR) is 84.3 cm³/mol. The van der Waals surface area contributed by atoms with Gasteiger partial charge in [-0.15, -0.1) is 11.8 Å². The number of H-pyrrole nitrogens is 1. The second-order valence-corrected chi connectivity index (χ2v) is 9.71. The highest BCUT2D eigenvalue weighted by atomic mass is 35.9. The number of aliphatic hydroxyl groups excluding tert-OH is 2. The topological polar surface area (TPSA) is 131 Å². The van der Waals surface area contributed by atoms with E-state index in [1.807, 2.05) is 4.98 Å². The lowest BCUT2D eigenvalue weighted by Crippen LogP contribution is -2.38. The maximum atomic E-state index is 12.0. The molecule has 1 aliphatic rings. The summed E-state index contributed by atoms with van der Waals surface area (Å²) in [5.74, 6) is 0. The second-order valence-electron chi connectivity index (χ2n) is 4.61. The lowest BCUT2D eigenvalue weighted by atomic mass is 10.1. The summed E-state index contributed by atoms with van der Waals surface area (Å²) in [6, 6.07) is 1.16. The van der Waals surface area contributed by atoms with Crippen molar-refractivity contribution < 1.29 is 24.0 Å². The Labute approximate surface area is 143 Å². The summed E-state index contributed by atoms with van der Waals surface area (Å²) in [5.41, 5.74) is -1.41. The van der Waals surface area contributed by atoms with Gasteiger partial charge >= 0.3 is 11.8 Å². The SMILES string of the molecule is CSc1cc(=O)[nH]c(=O)n1[C@@H]1O[C@H](COP(=O)(Cl)Cl)[C@@H](O)[C@H]1O. The van der Waals surface area contributed by atoms with Gasteiger partial charge in [-0.25, -0.2) is 4.79 Å². The predicted octanol–water partition coefficient (Wildman–Crippen LogP) is 0.480. The first-order valence-electron chi connectivity index (χ1n) is 6.19. The zero-order chi connectivity index (χ0) is 17.4. The minimum atomic E-state index is -3.84. The number of halogens is 2. The van der Waals surface area contributed by atoms with Crippen LogP contribution in [0.25, 0.3) is 0 Å². The van der Waals surface area contributed by atoms with E-state index >= 15 is 0 Å². The van der Waals surface area contributed by atoms with Gasteiger partial charge in [-0.3, -0.25) is 18.9 Å². The summed E-state index contributed by atoms with van der Waals surface area (Å²) in [6.45, 7) is -0.453. The molecule has 0 unspecified atom stereocenters. The molecule has 0 aliphatic carbocycles. The number of nitrogens with zero attached hydrogens (tertiary/aromatic N) is 1. The van der Waals surface area contributed by atoms with E-state index in [0.29, 0.717) is 0 Å². The minimum absolute atomic E-state index is 0.233. The van der Waals surface area contributed by atoms with Crippen molar-refractivity contribution in [2.24, 2.45) is 0 Å². The van der Waals surface area contributed by atoms with E-state index in [4.69, 9.17) is 27.2 Å². The van der Waals surface area contributed by atoms with Crippen molar-refractivity contribution in [1.29, 1.82) is 0 Å². The van der Waals surface area contributed by atoms with E-state index < -0.39 is 48.5 Å². The zero-order valence-corrected chi connectivity index (χ0v) is 14.8. The van der Waals surface area contributed by atoms with Crippen LogP contribution in [0.3, 0.4) is 0 Å². The van der Waals surface area contributed by atoms with Gasteiger partial charge in [0, 0.05) is 6.07 Å². The van der Waals surface area contributed by atoms with Crippen LogP contribution in [0.15, 0.2) is 20.7 Å². The molecular weight excluding hydrogens is 394 g/mol. The fourth-order valence-corrected chi connectivity index (χ4v) is 3.39. The molecule has 0 amide bonds. The quantitative estimate of drug-likeness (QED) is 0.365. The van der Waals surface area contributed by atoms with Crippen molar-refractivity contribution in [1.82, 2.24) is 9.55 Å². The number of aliphatic hydroxyl groups is 2. The van der Waals surface area contributed by atoms with Crippen LogP contribution in [-0.2, 0) is 13.8 Å². The Hall–Kier alpha value is -0.320. The second kappa shape index (κ2) is 7.28. The normalized spacial score (nSPS) is 28.2. The molecule has 0 spiro atoms. The molecule has 2 rings (SSSR count). The standard InChI is InChI=1S/C10H13Cl2N2O7PS/c1-23-6-2-5(15)13-10(18)14(6)9-8(17)7(16)4(21-9)3-20-22(11,12)19/h2,4,7-9,16-17H,3H2,1H3,(H,13,15,18)/t4-,7-,8-,9-/m1/s1. The molecule has 0 saturated carbocycles. The van der Waals surface area contributed by atoms with Crippen molar-refractivity contribution in [3.8, 4) is 0 Å². The van der Waals surface area contributed by atoms with Crippen molar-refractivity contribution in [3.05, 3.63) is 26.9 Å². The average Bonchev–Trinajstić information content (AvgIpc) is 2.71. The highest BCUT2D eigenvalue weighted by Gasteiger charge is 2.45. The van der Waals surface area contributed by atoms with Crippen molar-refractivity contribution in [3.63, 3.8) is 0 Å². The fraction of sp³-hybridized carbons (Fsp3) is 0.600. The van der Waals surface area contributed by atoms with Crippen LogP contribution in [0.1, 0.15) is 6.23 Å². The van der Waals surface area contributed by atoms with Gasteiger partial charge in [0.1, 0.15) is 18.3 Å². The minimum Gasteiger partial charge on any atom is -0.387 e. The van der Waals surface area contributed by atoms with E-state index in [0.717, 1.165) is 22.4 Å². The average molecular weight is 407 g/mol. The molecule has 2 heterocycles. The summed E-state index contributed by atoms with van der Waals surface area (Å²) in [4.78, 5) is 25.4. The number of rotatable bonds is 5. The van der Waals surface area contributed by atoms with Gasteiger partial charge in [-0.2, -0.15) is 0 Å². The summed E-state index contributed by atoms with van der Waals surface area (Å²) < 4.78 is 22.2. The molecule has 0 bridgehead atoms. The molecule has 1 aliphatic heterocycles. The van der Waals surface area contributed by atoms with Crippen molar-refractivity contribution >= 4 is 40.3 Å². The van der Waals surface area contributed by atoms with Crippen molar-refractivity contribution in [2.75, 3.05) is 12.9 Å². The molecule has 23 heavy (non-hydrogen) atoms. The Balaban J connectivity index is 2.30. The van der Waals surface area contributed by atoms with Crippen LogP contribution in [0.2, 0.25) is 0 Å². The Bertz CT molecular complexity index is 735. The van der Waals surface area contributed by atoms with Crippen molar-refractivity contribution in [2.45, 2.75) is 29.6 Å². The van der Waals surface area contributed by atoms with Crippen LogP contribution in [0.4, 0.5) is 0 Å². The highest BCUT2D eigenvalue weighted by Crippen LogP contribution is 2.57. The highest BCUT2D eigenvalue weighted by molar-refractivity contribution is 8.05. The van der Waals surface area contributed by atoms with Gasteiger partial charge in [0.2, 0.25) is 0 Å². The number of hydrogen-bond donors (Lipinski definition) is 3. The number of thioether (sulfide) groups is 1.